The van der Waals surface area contributed by atoms with Gasteiger partial charge in [0, 0.05) is 8.96 Å². The van der Waals surface area contributed by atoms with Crippen molar-refractivity contribution in [1.82, 2.24) is 0 Å². The number of allylic oxidation sites excluding steroid dienone is 4. The van der Waals surface area contributed by atoms with Crippen LogP contribution in [0.15, 0.2) is 69.6 Å². The molecule has 2 aromatic rings. The first kappa shape index (κ1) is 19.2. The number of hydrogen-bond donors (Lipinski definition) is 0. The van der Waals surface area contributed by atoms with Crippen molar-refractivity contribution in [1.29, 1.82) is 0 Å². The van der Waals surface area contributed by atoms with Crippen LogP contribution in [0.2, 0.25) is 0 Å². The summed E-state index contributed by atoms with van der Waals surface area (Å²) in [6.07, 6.45) is 0. The average Bonchev–Trinajstić information content (AvgIpc) is 2.56. The Morgan fingerprint density at radius 1 is 0.583 bits per heavy atom. The number of halogens is 2. The highest BCUT2D eigenvalue weighted by Gasteiger charge is 2.18. The van der Waals surface area contributed by atoms with E-state index in [9.17, 15) is 0 Å². The smallest absolute Gasteiger partial charge is 0.0361 e. The minimum absolute atomic E-state index is 0.415. The summed E-state index contributed by atoms with van der Waals surface area (Å²) in [5.74, 6) is 0.831. The topological polar surface area (TPSA) is 0 Å². The molecule has 0 fully saturated rings. The van der Waals surface area contributed by atoms with Crippen molar-refractivity contribution in [3.05, 3.63) is 80.8 Å². The van der Waals surface area contributed by atoms with Gasteiger partial charge in [-0.05, 0) is 66.0 Å². The molecule has 0 aromatic heterocycles. The van der Waals surface area contributed by atoms with E-state index in [0.717, 1.165) is 8.96 Å². The lowest BCUT2D eigenvalue weighted by atomic mass is 9.91. The summed E-state index contributed by atoms with van der Waals surface area (Å²) in [7, 11) is 0. The zero-order valence-electron chi connectivity index (χ0n) is 14.7. The third-order valence-electron chi connectivity index (χ3n) is 3.99. The Hall–Kier alpha value is -1.12. The maximum absolute atomic E-state index is 3.89. The van der Waals surface area contributed by atoms with Gasteiger partial charge in [0.15, 0.2) is 0 Å². The van der Waals surface area contributed by atoms with Crippen LogP contribution in [0, 0.1) is 11.8 Å². The molecule has 0 nitrogen and oxygen atoms in total. The van der Waals surface area contributed by atoms with Crippen molar-refractivity contribution in [3.8, 4) is 0 Å². The lowest BCUT2D eigenvalue weighted by Gasteiger charge is -2.20. The fourth-order valence-electron chi connectivity index (χ4n) is 2.90. The molecular weight excluding hydrogens is 424 g/mol. The molecule has 0 spiro atoms. The predicted octanol–water partition coefficient (Wildman–Crippen LogP) is 7.91. The molecule has 0 atom stereocenters. The summed E-state index contributed by atoms with van der Waals surface area (Å²) in [5.41, 5.74) is 5.15. The zero-order chi connectivity index (χ0) is 17.7. The number of benzene rings is 2. The SMILES string of the molecule is CC(C)/C(=C(Br)/C(Br)=C(\c1ccccc1)C(C)C)c1ccccc1. The first-order valence-electron chi connectivity index (χ1n) is 8.34. The van der Waals surface area contributed by atoms with Crippen molar-refractivity contribution in [2.75, 3.05) is 0 Å². The summed E-state index contributed by atoms with van der Waals surface area (Å²) in [4.78, 5) is 0. The quantitative estimate of drug-likeness (QED) is 0.408. The van der Waals surface area contributed by atoms with E-state index in [1.807, 2.05) is 0 Å². The van der Waals surface area contributed by atoms with Crippen LogP contribution in [0.4, 0.5) is 0 Å². The second-order valence-electron chi connectivity index (χ2n) is 6.50. The van der Waals surface area contributed by atoms with Crippen LogP contribution in [0.1, 0.15) is 38.8 Å². The first-order chi connectivity index (χ1) is 11.4. The Morgan fingerprint density at radius 3 is 1.12 bits per heavy atom. The van der Waals surface area contributed by atoms with Gasteiger partial charge < -0.3 is 0 Å². The molecule has 24 heavy (non-hydrogen) atoms. The van der Waals surface area contributed by atoms with Gasteiger partial charge in [0.05, 0.1) is 0 Å². The van der Waals surface area contributed by atoms with Crippen LogP contribution >= 0.6 is 31.9 Å². The molecular formula is C22H24Br2. The Morgan fingerprint density at radius 2 is 0.875 bits per heavy atom. The summed E-state index contributed by atoms with van der Waals surface area (Å²) in [5, 5.41) is 0. The van der Waals surface area contributed by atoms with Gasteiger partial charge in [0.1, 0.15) is 0 Å². The zero-order valence-corrected chi connectivity index (χ0v) is 17.9. The second kappa shape index (κ2) is 8.82. The van der Waals surface area contributed by atoms with Crippen molar-refractivity contribution >= 4 is 43.0 Å². The molecule has 0 radical (unpaired) electrons. The molecule has 0 saturated carbocycles. The van der Waals surface area contributed by atoms with Crippen molar-refractivity contribution in [2.24, 2.45) is 11.8 Å². The molecule has 0 bridgehead atoms. The number of rotatable bonds is 5. The van der Waals surface area contributed by atoms with Gasteiger partial charge in [-0.3, -0.25) is 0 Å². The molecule has 2 aromatic carbocycles. The van der Waals surface area contributed by atoms with Gasteiger partial charge in [-0.1, -0.05) is 88.4 Å². The average molecular weight is 448 g/mol. The highest BCUT2D eigenvalue weighted by Crippen LogP contribution is 2.41. The standard InChI is InChI=1S/C22H24Br2/c1-15(2)19(17-11-7-5-8-12-17)21(23)22(24)20(16(3)4)18-13-9-6-10-14-18/h5-16H,1-4H3/b21-19+,22-20+. The summed E-state index contributed by atoms with van der Waals surface area (Å²) < 4.78 is 2.27. The minimum atomic E-state index is 0.415. The van der Waals surface area contributed by atoms with Crippen LogP contribution in [-0.2, 0) is 0 Å². The fraction of sp³-hybridized carbons (Fsp3) is 0.273. The number of hydrogen-bond acceptors (Lipinski definition) is 0. The van der Waals surface area contributed by atoms with Crippen LogP contribution in [0.25, 0.3) is 11.1 Å². The van der Waals surface area contributed by atoms with Gasteiger partial charge in [-0.25, -0.2) is 0 Å². The van der Waals surface area contributed by atoms with E-state index in [2.05, 4.69) is 120 Å². The van der Waals surface area contributed by atoms with Gasteiger partial charge in [0.2, 0.25) is 0 Å². The normalized spacial score (nSPS) is 13.8. The van der Waals surface area contributed by atoms with Gasteiger partial charge >= 0.3 is 0 Å². The molecule has 126 valence electrons. The van der Waals surface area contributed by atoms with Crippen LogP contribution in [-0.4, -0.2) is 0 Å². The molecule has 0 amide bonds. The van der Waals surface area contributed by atoms with Crippen LogP contribution in [0.3, 0.4) is 0 Å². The largest absolute Gasteiger partial charge is 0.0622 e. The molecule has 0 unspecified atom stereocenters. The van der Waals surface area contributed by atoms with Gasteiger partial charge in [-0.2, -0.15) is 0 Å². The van der Waals surface area contributed by atoms with E-state index in [4.69, 9.17) is 0 Å². The molecule has 0 aliphatic rings. The fourth-order valence-corrected chi connectivity index (χ4v) is 4.70. The van der Waals surface area contributed by atoms with Crippen molar-refractivity contribution in [2.45, 2.75) is 27.7 Å². The van der Waals surface area contributed by atoms with E-state index in [0.29, 0.717) is 11.8 Å². The predicted molar refractivity (Wildman–Crippen MR) is 114 cm³/mol. The van der Waals surface area contributed by atoms with E-state index < -0.39 is 0 Å². The van der Waals surface area contributed by atoms with Crippen LogP contribution < -0.4 is 0 Å². The van der Waals surface area contributed by atoms with Crippen molar-refractivity contribution in [3.63, 3.8) is 0 Å². The van der Waals surface area contributed by atoms with Crippen molar-refractivity contribution < 1.29 is 0 Å². The molecule has 0 aliphatic carbocycles. The molecule has 0 aliphatic heterocycles. The second-order valence-corrected chi connectivity index (χ2v) is 8.08. The molecule has 0 N–H and O–H groups in total. The Labute approximate surface area is 162 Å². The third kappa shape index (κ3) is 4.49. The summed E-state index contributed by atoms with van der Waals surface area (Å²) >= 11 is 7.78. The third-order valence-corrected chi connectivity index (χ3v) is 6.17. The van der Waals surface area contributed by atoms with E-state index in [1.165, 1.54) is 22.3 Å². The van der Waals surface area contributed by atoms with Gasteiger partial charge in [0.25, 0.3) is 0 Å². The van der Waals surface area contributed by atoms with E-state index in [1.54, 1.807) is 0 Å². The van der Waals surface area contributed by atoms with E-state index >= 15 is 0 Å². The lowest BCUT2D eigenvalue weighted by molar-refractivity contribution is 0.848. The molecule has 0 heterocycles. The molecule has 0 saturated heterocycles. The maximum atomic E-state index is 3.89. The molecule has 2 rings (SSSR count). The molecule has 2 heteroatoms. The lowest BCUT2D eigenvalue weighted by Crippen LogP contribution is -2.01. The Kier molecular flexibility index (Phi) is 7.06. The summed E-state index contributed by atoms with van der Waals surface area (Å²) in [6.45, 7) is 8.95. The monoisotopic (exact) mass is 446 g/mol. The summed E-state index contributed by atoms with van der Waals surface area (Å²) in [6, 6.07) is 21.2. The Balaban J connectivity index is 2.67. The first-order valence-corrected chi connectivity index (χ1v) is 9.92. The van der Waals surface area contributed by atoms with E-state index in [-0.39, 0.29) is 0 Å². The highest BCUT2D eigenvalue weighted by molar-refractivity contribution is 9.15. The minimum Gasteiger partial charge on any atom is -0.0622 e. The Bertz CT molecular complexity index is 658. The highest BCUT2D eigenvalue weighted by atomic mass is 79.9. The van der Waals surface area contributed by atoms with Crippen LogP contribution in [0.5, 0.6) is 0 Å². The van der Waals surface area contributed by atoms with Gasteiger partial charge in [-0.15, -0.1) is 0 Å². The maximum Gasteiger partial charge on any atom is 0.0361 e.